The molecule has 130 valence electrons. The Kier molecular flexibility index (Phi) is 4.99. The molecule has 3 N–H and O–H groups in total. The lowest BCUT2D eigenvalue weighted by molar-refractivity contribution is -0.136. The Morgan fingerprint density at radius 3 is 2.62 bits per heavy atom. The molecule has 3 amide bonds. The summed E-state index contributed by atoms with van der Waals surface area (Å²) in [5, 5.41) is 8.73. The first-order valence-electron chi connectivity index (χ1n) is 8.35. The lowest BCUT2D eigenvalue weighted by Crippen LogP contribution is -2.50. The molecule has 2 atom stereocenters. The van der Waals surface area contributed by atoms with Gasteiger partial charge in [0.25, 0.3) is 0 Å². The van der Waals surface area contributed by atoms with Crippen LogP contribution in [0.15, 0.2) is 24.3 Å². The van der Waals surface area contributed by atoms with Crippen molar-refractivity contribution < 1.29 is 14.0 Å². The SMILES string of the molecule is CC(C(=O)N1CCC(NC(=O)Nc2ccc(F)cc2)C1)C1CNC1. The van der Waals surface area contributed by atoms with Crippen LogP contribution >= 0.6 is 0 Å². The predicted molar refractivity (Wildman–Crippen MR) is 89.1 cm³/mol. The van der Waals surface area contributed by atoms with E-state index in [1.54, 1.807) is 0 Å². The highest BCUT2D eigenvalue weighted by molar-refractivity contribution is 5.89. The van der Waals surface area contributed by atoms with Crippen molar-refractivity contribution in [3.63, 3.8) is 0 Å². The highest BCUT2D eigenvalue weighted by atomic mass is 19.1. The molecule has 7 heteroatoms. The second-order valence-electron chi connectivity index (χ2n) is 6.58. The van der Waals surface area contributed by atoms with Gasteiger partial charge in [-0.2, -0.15) is 0 Å². The first-order chi connectivity index (χ1) is 11.5. The van der Waals surface area contributed by atoms with Crippen molar-refractivity contribution in [2.75, 3.05) is 31.5 Å². The molecule has 2 fully saturated rings. The Labute approximate surface area is 140 Å². The molecular formula is C17H23FN4O2. The fourth-order valence-corrected chi connectivity index (χ4v) is 3.12. The molecule has 0 bridgehead atoms. The molecule has 0 spiro atoms. The quantitative estimate of drug-likeness (QED) is 0.779. The molecule has 0 radical (unpaired) electrons. The largest absolute Gasteiger partial charge is 0.340 e. The smallest absolute Gasteiger partial charge is 0.319 e. The normalized spacial score (nSPS) is 21.9. The summed E-state index contributed by atoms with van der Waals surface area (Å²) in [6.07, 6.45) is 0.748. The van der Waals surface area contributed by atoms with E-state index in [1.807, 2.05) is 11.8 Å². The topological polar surface area (TPSA) is 73.5 Å². The third-order valence-electron chi connectivity index (χ3n) is 4.85. The Morgan fingerprint density at radius 1 is 1.29 bits per heavy atom. The summed E-state index contributed by atoms with van der Waals surface area (Å²) in [5.41, 5.74) is 0.533. The van der Waals surface area contributed by atoms with Gasteiger partial charge in [0.05, 0.1) is 0 Å². The van der Waals surface area contributed by atoms with Crippen molar-refractivity contribution in [3.05, 3.63) is 30.1 Å². The summed E-state index contributed by atoms with van der Waals surface area (Å²) in [6, 6.07) is 5.21. The number of carbonyl (C=O) groups is 2. The monoisotopic (exact) mass is 334 g/mol. The summed E-state index contributed by atoms with van der Waals surface area (Å²) in [7, 11) is 0. The number of benzene rings is 1. The first-order valence-corrected chi connectivity index (χ1v) is 8.35. The summed E-state index contributed by atoms with van der Waals surface area (Å²) < 4.78 is 12.9. The Balaban J connectivity index is 1.46. The maximum Gasteiger partial charge on any atom is 0.319 e. The summed E-state index contributed by atoms with van der Waals surface area (Å²) in [6.45, 7) is 5.01. The zero-order valence-corrected chi connectivity index (χ0v) is 13.7. The van der Waals surface area contributed by atoms with Crippen LogP contribution in [0.5, 0.6) is 0 Å². The second kappa shape index (κ2) is 7.17. The van der Waals surface area contributed by atoms with Crippen LogP contribution in [-0.4, -0.2) is 49.1 Å². The van der Waals surface area contributed by atoms with Gasteiger partial charge in [0.2, 0.25) is 5.91 Å². The molecule has 3 rings (SSSR count). The number of rotatable bonds is 4. The van der Waals surface area contributed by atoms with Crippen molar-refractivity contribution in [1.82, 2.24) is 15.5 Å². The number of amides is 3. The van der Waals surface area contributed by atoms with Gasteiger partial charge in [0.15, 0.2) is 0 Å². The van der Waals surface area contributed by atoms with Gasteiger partial charge >= 0.3 is 6.03 Å². The lowest BCUT2D eigenvalue weighted by atomic mass is 9.88. The number of halogens is 1. The number of likely N-dealkylation sites (tertiary alicyclic amines) is 1. The number of anilines is 1. The summed E-state index contributed by atoms with van der Waals surface area (Å²) >= 11 is 0. The molecule has 0 aliphatic carbocycles. The average Bonchev–Trinajstić information content (AvgIpc) is 2.95. The minimum Gasteiger partial charge on any atom is -0.340 e. The van der Waals surface area contributed by atoms with Gasteiger partial charge in [-0.05, 0) is 49.7 Å². The zero-order chi connectivity index (χ0) is 17.1. The third kappa shape index (κ3) is 3.84. The average molecular weight is 334 g/mol. The predicted octanol–water partition coefficient (Wildman–Crippen LogP) is 1.40. The number of hydrogen-bond acceptors (Lipinski definition) is 3. The molecular weight excluding hydrogens is 311 g/mol. The van der Waals surface area contributed by atoms with E-state index in [0.29, 0.717) is 24.7 Å². The Morgan fingerprint density at radius 2 is 2.00 bits per heavy atom. The van der Waals surface area contributed by atoms with E-state index in [0.717, 1.165) is 19.5 Å². The lowest BCUT2D eigenvalue weighted by Gasteiger charge is -2.33. The van der Waals surface area contributed by atoms with Crippen LogP contribution in [0.2, 0.25) is 0 Å². The van der Waals surface area contributed by atoms with E-state index < -0.39 is 0 Å². The van der Waals surface area contributed by atoms with Gasteiger partial charge in [-0.1, -0.05) is 6.92 Å². The molecule has 1 aromatic carbocycles. The number of hydrogen-bond donors (Lipinski definition) is 3. The third-order valence-corrected chi connectivity index (χ3v) is 4.85. The van der Waals surface area contributed by atoms with Crippen molar-refractivity contribution in [3.8, 4) is 0 Å². The Hall–Kier alpha value is -2.15. The van der Waals surface area contributed by atoms with Crippen LogP contribution in [-0.2, 0) is 4.79 Å². The van der Waals surface area contributed by atoms with Crippen LogP contribution in [0.3, 0.4) is 0 Å². The van der Waals surface area contributed by atoms with Crippen LogP contribution < -0.4 is 16.0 Å². The molecule has 6 nitrogen and oxygen atoms in total. The molecule has 24 heavy (non-hydrogen) atoms. The van der Waals surface area contributed by atoms with Crippen molar-refractivity contribution in [2.24, 2.45) is 11.8 Å². The number of nitrogens with zero attached hydrogens (tertiary/aromatic N) is 1. The standard InChI is InChI=1S/C17H23FN4O2/c1-11(12-8-19-9-12)16(23)22-7-6-15(10-22)21-17(24)20-14-4-2-13(18)3-5-14/h2-5,11-12,15,19H,6-10H2,1H3,(H2,20,21,24). The number of carbonyl (C=O) groups excluding carboxylic acids is 2. The zero-order valence-electron chi connectivity index (χ0n) is 13.7. The van der Waals surface area contributed by atoms with E-state index in [4.69, 9.17) is 0 Å². The van der Waals surface area contributed by atoms with Crippen molar-refractivity contribution in [2.45, 2.75) is 19.4 Å². The second-order valence-corrected chi connectivity index (χ2v) is 6.58. The van der Waals surface area contributed by atoms with Crippen molar-refractivity contribution >= 4 is 17.6 Å². The van der Waals surface area contributed by atoms with Gasteiger partial charge in [-0.15, -0.1) is 0 Å². The number of nitrogens with one attached hydrogen (secondary N) is 3. The molecule has 2 aliphatic rings. The van der Waals surface area contributed by atoms with E-state index in [-0.39, 0.29) is 29.7 Å². The van der Waals surface area contributed by atoms with Gasteiger partial charge in [0.1, 0.15) is 5.82 Å². The van der Waals surface area contributed by atoms with Gasteiger partial charge in [-0.25, -0.2) is 9.18 Å². The molecule has 0 aromatic heterocycles. The Bertz CT molecular complexity index is 603. The highest BCUT2D eigenvalue weighted by Crippen LogP contribution is 2.21. The number of urea groups is 1. The van der Waals surface area contributed by atoms with Gasteiger partial charge < -0.3 is 20.9 Å². The van der Waals surface area contributed by atoms with Crippen LogP contribution in [0.25, 0.3) is 0 Å². The minimum absolute atomic E-state index is 0.0260. The van der Waals surface area contributed by atoms with E-state index in [2.05, 4.69) is 16.0 Å². The first kappa shape index (κ1) is 16.7. The minimum atomic E-state index is -0.346. The molecule has 2 heterocycles. The molecule has 0 saturated carbocycles. The fraction of sp³-hybridized carbons (Fsp3) is 0.529. The van der Waals surface area contributed by atoms with Gasteiger partial charge in [0, 0.05) is 30.7 Å². The van der Waals surface area contributed by atoms with Crippen LogP contribution in [0.1, 0.15) is 13.3 Å². The fourth-order valence-electron chi connectivity index (χ4n) is 3.12. The molecule has 2 aliphatic heterocycles. The van der Waals surface area contributed by atoms with Crippen LogP contribution in [0.4, 0.5) is 14.9 Å². The molecule has 1 aromatic rings. The van der Waals surface area contributed by atoms with E-state index in [1.165, 1.54) is 24.3 Å². The molecule has 2 saturated heterocycles. The highest BCUT2D eigenvalue weighted by Gasteiger charge is 2.35. The maximum absolute atomic E-state index is 12.9. The van der Waals surface area contributed by atoms with E-state index in [9.17, 15) is 14.0 Å². The van der Waals surface area contributed by atoms with E-state index >= 15 is 0 Å². The summed E-state index contributed by atoms with van der Waals surface area (Å²) in [4.78, 5) is 26.3. The molecule has 2 unspecified atom stereocenters. The van der Waals surface area contributed by atoms with Crippen LogP contribution in [0, 0.1) is 17.7 Å². The summed E-state index contributed by atoms with van der Waals surface area (Å²) in [5.74, 6) is 0.274. The van der Waals surface area contributed by atoms with Crippen molar-refractivity contribution in [1.29, 1.82) is 0 Å². The van der Waals surface area contributed by atoms with Gasteiger partial charge in [-0.3, -0.25) is 4.79 Å². The maximum atomic E-state index is 12.9.